The van der Waals surface area contributed by atoms with E-state index >= 15 is 0 Å². The molecule has 0 N–H and O–H groups in total. The molecule has 2 rings (SSSR count). The number of ether oxygens (including phenoxy) is 2. The van der Waals surface area contributed by atoms with E-state index in [1.165, 1.54) is 24.8 Å². The van der Waals surface area contributed by atoms with Crippen LogP contribution in [0.2, 0.25) is 0 Å². The lowest BCUT2D eigenvalue weighted by molar-refractivity contribution is -0.158. The molecule has 1 saturated carbocycles. The van der Waals surface area contributed by atoms with E-state index in [9.17, 15) is 14.4 Å². The van der Waals surface area contributed by atoms with Gasteiger partial charge in [0.15, 0.2) is 11.9 Å². The van der Waals surface area contributed by atoms with Crippen molar-refractivity contribution in [2.75, 3.05) is 6.61 Å². The third-order valence-corrected chi connectivity index (χ3v) is 7.19. The Morgan fingerprint density at radius 1 is 1.00 bits per heavy atom. The lowest BCUT2D eigenvalue weighted by Crippen LogP contribution is -2.39. The third kappa shape index (κ3) is 9.40. The first-order valence-corrected chi connectivity index (χ1v) is 13.3. The molecular weight excluding hydrogens is 452 g/mol. The number of hydrogen-bond donors (Lipinski definition) is 0. The van der Waals surface area contributed by atoms with Gasteiger partial charge in [-0.25, -0.2) is 0 Å². The molecule has 0 spiro atoms. The number of carbonyl (C=O) groups excluding carboxylic acids is 3. The van der Waals surface area contributed by atoms with Gasteiger partial charge in [0, 0.05) is 6.42 Å². The zero-order chi connectivity index (χ0) is 26.7. The second-order valence-electron chi connectivity index (χ2n) is 10.8. The summed E-state index contributed by atoms with van der Waals surface area (Å²) in [5.74, 6) is -0.650. The summed E-state index contributed by atoms with van der Waals surface area (Å²) in [7, 11) is 0. The molecular formula is C31H44O5. The average molecular weight is 497 g/mol. The highest BCUT2D eigenvalue weighted by atomic mass is 16.5. The van der Waals surface area contributed by atoms with Gasteiger partial charge in [0.25, 0.3) is 0 Å². The molecule has 0 radical (unpaired) electrons. The fourth-order valence-corrected chi connectivity index (χ4v) is 4.77. The molecule has 0 aromatic heterocycles. The summed E-state index contributed by atoms with van der Waals surface area (Å²) in [6.07, 6.45) is 17.5. The topological polar surface area (TPSA) is 69.7 Å². The maximum atomic E-state index is 13.0. The van der Waals surface area contributed by atoms with Crippen LogP contribution in [-0.2, 0) is 23.9 Å². The first-order valence-electron chi connectivity index (χ1n) is 13.3. The predicted octanol–water partition coefficient (Wildman–Crippen LogP) is 7.14. The van der Waals surface area contributed by atoms with Gasteiger partial charge in [0.05, 0.1) is 19.4 Å². The van der Waals surface area contributed by atoms with Crippen LogP contribution in [0.3, 0.4) is 0 Å². The Morgan fingerprint density at radius 3 is 2.33 bits per heavy atom. The van der Waals surface area contributed by atoms with Gasteiger partial charge >= 0.3 is 11.9 Å². The molecule has 0 bridgehead atoms. The first-order chi connectivity index (χ1) is 17.0. The Kier molecular flexibility index (Phi) is 11.6. The molecule has 0 amide bonds. The van der Waals surface area contributed by atoms with E-state index in [0.717, 1.165) is 24.0 Å². The van der Waals surface area contributed by atoms with Crippen LogP contribution >= 0.6 is 0 Å². The number of carbonyl (C=O) groups is 3. The van der Waals surface area contributed by atoms with Crippen molar-refractivity contribution in [2.24, 2.45) is 11.3 Å². The highest BCUT2D eigenvalue weighted by molar-refractivity contribution is 6.01. The number of Topliss-reactive ketones (excluding diaryl/α,β-unsaturated/α-hetero) is 1. The summed E-state index contributed by atoms with van der Waals surface area (Å²) >= 11 is 0. The van der Waals surface area contributed by atoms with Crippen molar-refractivity contribution in [2.45, 2.75) is 99.0 Å². The van der Waals surface area contributed by atoms with E-state index in [1.54, 1.807) is 6.92 Å². The van der Waals surface area contributed by atoms with Crippen LogP contribution < -0.4 is 0 Å². The molecule has 5 heteroatoms. The number of rotatable bonds is 10. The van der Waals surface area contributed by atoms with Crippen LogP contribution in [0, 0.1) is 11.3 Å². The van der Waals surface area contributed by atoms with Crippen molar-refractivity contribution in [3.05, 3.63) is 58.7 Å². The number of ketones is 1. The van der Waals surface area contributed by atoms with E-state index < -0.39 is 12.1 Å². The van der Waals surface area contributed by atoms with Gasteiger partial charge in [0.1, 0.15) is 0 Å². The van der Waals surface area contributed by atoms with E-state index in [1.807, 2.05) is 57.2 Å². The fourth-order valence-electron chi connectivity index (χ4n) is 4.77. The quantitative estimate of drug-likeness (QED) is 0.237. The highest BCUT2D eigenvalue weighted by Gasteiger charge is 2.39. The Bertz CT molecular complexity index is 951. The van der Waals surface area contributed by atoms with E-state index in [-0.39, 0.29) is 30.0 Å². The highest BCUT2D eigenvalue weighted by Crippen LogP contribution is 2.40. The summed E-state index contributed by atoms with van der Waals surface area (Å²) in [5.41, 5.74) is 3.49. The number of allylic oxidation sites excluding steroid dienone is 9. The zero-order valence-electron chi connectivity index (χ0n) is 23.0. The Hall–Kier alpha value is -2.69. The van der Waals surface area contributed by atoms with Crippen molar-refractivity contribution in [3.63, 3.8) is 0 Å². The van der Waals surface area contributed by atoms with Crippen LogP contribution in [0.15, 0.2) is 58.7 Å². The van der Waals surface area contributed by atoms with Crippen molar-refractivity contribution in [1.29, 1.82) is 0 Å². The second kappa shape index (κ2) is 14.2. The van der Waals surface area contributed by atoms with Crippen molar-refractivity contribution in [3.8, 4) is 0 Å². The predicted molar refractivity (Wildman–Crippen MR) is 144 cm³/mol. The van der Waals surface area contributed by atoms with E-state index in [4.69, 9.17) is 9.47 Å². The van der Waals surface area contributed by atoms with Crippen LogP contribution in [0.5, 0.6) is 0 Å². The van der Waals surface area contributed by atoms with Gasteiger partial charge < -0.3 is 9.47 Å². The fraction of sp³-hybridized carbons (Fsp3) is 0.581. The second-order valence-corrected chi connectivity index (χ2v) is 10.8. The van der Waals surface area contributed by atoms with Crippen LogP contribution in [-0.4, -0.2) is 30.4 Å². The van der Waals surface area contributed by atoms with E-state index in [2.05, 4.69) is 13.8 Å². The minimum Gasteiger partial charge on any atom is -0.465 e. The maximum Gasteiger partial charge on any atom is 0.307 e. The van der Waals surface area contributed by atoms with Crippen LogP contribution in [0.1, 0.15) is 92.9 Å². The number of hydrogen-bond acceptors (Lipinski definition) is 5. The molecule has 0 aliphatic heterocycles. The summed E-state index contributed by atoms with van der Waals surface area (Å²) < 4.78 is 10.9. The van der Waals surface area contributed by atoms with Gasteiger partial charge in [-0.05, 0) is 63.0 Å². The van der Waals surface area contributed by atoms with Crippen molar-refractivity contribution < 1.29 is 23.9 Å². The molecule has 1 atom stereocenters. The Morgan fingerprint density at radius 2 is 1.67 bits per heavy atom. The minimum atomic E-state index is -0.828. The van der Waals surface area contributed by atoms with Gasteiger partial charge in [-0.3, -0.25) is 14.4 Å². The zero-order valence-corrected chi connectivity index (χ0v) is 23.0. The standard InChI is InChI=1S/C31H44O5/c1-7-22(2)12-11-13-23(3)16-17-26-24(4)30(34)27(20-31(26,5)6)36-29(33)19-18-28(32)35-21-25-14-9-8-10-15-25/h7,11-13,16-17,25,27H,8-10,14-15,18-21H2,1-6H3. The van der Waals surface area contributed by atoms with Gasteiger partial charge in [0.2, 0.25) is 0 Å². The third-order valence-electron chi connectivity index (χ3n) is 7.19. The minimum absolute atomic E-state index is 0.0215. The van der Waals surface area contributed by atoms with Gasteiger partial charge in [-0.2, -0.15) is 0 Å². The normalized spacial score (nSPS) is 21.9. The molecule has 0 aromatic rings. The summed E-state index contributed by atoms with van der Waals surface area (Å²) in [6, 6.07) is 0. The molecule has 2 aliphatic rings. The summed E-state index contributed by atoms with van der Waals surface area (Å²) in [5, 5.41) is 0. The van der Waals surface area contributed by atoms with E-state index in [0.29, 0.717) is 24.5 Å². The molecule has 5 nitrogen and oxygen atoms in total. The molecule has 36 heavy (non-hydrogen) atoms. The molecule has 2 aliphatic carbocycles. The summed E-state index contributed by atoms with van der Waals surface area (Å²) in [4.78, 5) is 37.5. The van der Waals surface area contributed by atoms with Crippen molar-refractivity contribution >= 4 is 17.7 Å². The average Bonchev–Trinajstić information content (AvgIpc) is 2.84. The Labute approximate surface area is 217 Å². The number of esters is 2. The largest absolute Gasteiger partial charge is 0.465 e. The molecule has 1 fully saturated rings. The van der Waals surface area contributed by atoms with Crippen molar-refractivity contribution in [1.82, 2.24) is 0 Å². The molecule has 0 saturated heterocycles. The van der Waals surface area contributed by atoms with Crippen LogP contribution in [0.25, 0.3) is 0 Å². The monoisotopic (exact) mass is 496 g/mol. The molecule has 0 aromatic carbocycles. The maximum absolute atomic E-state index is 13.0. The Balaban J connectivity index is 1.92. The van der Waals surface area contributed by atoms with Crippen LogP contribution in [0.4, 0.5) is 0 Å². The molecule has 1 unspecified atom stereocenters. The first kappa shape index (κ1) is 29.5. The lowest BCUT2D eigenvalue weighted by atomic mass is 9.71. The SMILES string of the molecule is CC=C(C)C=CC=C(C)C=CC1=C(C)C(=O)C(OC(=O)CCC(=O)OCC2CCCCC2)CC1(C)C. The smallest absolute Gasteiger partial charge is 0.307 e. The van der Waals surface area contributed by atoms with Gasteiger partial charge in [-0.1, -0.05) is 80.7 Å². The molecule has 198 valence electrons. The lowest BCUT2D eigenvalue weighted by Gasteiger charge is -2.36. The summed E-state index contributed by atoms with van der Waals surface area (Å²) in [6.45, 7) is 12.4. The molecule has 0 heterocycles. The van der Waals surface area contributed by atoms with Gasteiger partial charge in [-0.15, -0.1) is 0 Å².